The van der Waals surface area contributed by atoms with E-state index in [1.54, 1.807) is 28.0 Å². The third-order valence-corrected chi connectivity index (χ3v) is 7.92. The minimum atomic E-state index is -0.289. The van der Waals surface area contributed by atoms with Gasteiger partial charge in [0.05, 0.1) is 23.0 Å². The number of aryl methyl sites for hydroxylation is 2. The van der Waals surface area contributed by atoms with Crippen molar-refractivity contribution in [3.8, 4) is 5.69 Å². The van der Waals surface area contributed by atoms with Crippen molar-refractivity contribution < 1.29 is 4.79 Å². The molecule has 6 nitrogen and oxygen atoms in total. The van der Waals surface area contributed by atoms with E-state index < -0.39 is 0 Å². The van der Waals surface area contributed by atoms with Crippen LogP contribution in [0, 0.1) is 0 Å². The van der Waals surface area contributed by atoms with Gasteiger partial charge in [0.15, 0.2) is 5.16 Å². The van der Waals surface area contributed by atoms with Gasteiger partial charge < -0.3 is 0 Å². The number of hydrazone groups is 1. The molecule has 0 saturated heterocycles. The quantitative estimate of drug-likeness (QED) is 0.168. The van der Waals surface area contributed by atoms with Crippen LogP contribution in [0.25, 0.3) is 15.9 Å². The lowest BCUT2D eigenvalue weighted by atomic mass is 9.97. The van der Waals surface area contributed by atoms with Gasteiger partial charge in [0.1, 0.15) is 4.83 Å². The summed E-state index contributed by atoms with van der Waals surface area (Å²) in [7, 11) is 0. The predicted molar refractivity (Wildman–Crippen MR) is 140 cm³/mol. The first-order chi connectivity index (χ1) is 16.6. The summed E-state index contributed by atoms with van der Waals surface area (Å²) >= 11 is 8.80. The van der Waals surface area contributed by atoms with Gasteiger partial charge in [-0.05, 0) is 61.1 Å². The van der Waals surface area contributed by atoms with Gasteiger partial charge in [0.25, 0.3) is 11.5 Å². The van der Waals surface area contributed by atoms with Gasteiger partial charge in [-0.2, -0.15) is 5.10 Å². The second-order valence-electron chi connectivity index (χ2n) is 7.90. The average molecular weight is 509 g/mol. The Balaban J connectivity index is 1.42. The van der Waals surface area contributed by atoms with E-state index >= 15 is 0 Å². The van der Waals surface area contributed by atoms with Crippen LogP contribution >= 0.6 is 34.7 Å². The number of benzene rings is 2. The second-order valence-corrected chi connectivity index (χ2v) is 10.4. The fourth-order valence-electron chi connectivity index (χ4n) is 4.02. The number of rotatable bonds is 6. The van der Waals surface area contributed by atoms with Crippen molar-refractivity contribution in [2.75, 3.05) is 5.75 Å². The molecule has 0 spiro atoms. The van der Waals surface area contributed by atoms with Gasteiger partial charge in [-0.25, -0.2) is 10.4 Å². The molecule has 1 aliphatic rings. The van der Waals surface area contributed by atoms with E-state index in [-0.39, 0.29) is 17.2 Å². The highest BCUT2D eigenvalue weighted by molar-refractivity contribution is 7.99. The number of amides is 1. The lowest BCUT2D eigenvalue weighted by Gasteiger charge is -2.13. The number of thioether (sulfide) groups is 1. The molecule has 0 aliphatic heterocycles. The Morgan fingerprint density at radius 1 is 1.18 bits per heavy atom. The zero-order valence-electron chi connectivity index (χ0n) is 18.2. The number of nitrogens with zero attached hydrogens (tertiary/aromatic N) is 3. The fraction of sp³-hybridized carbons (Fsp3) is 0.200. The molecule has 0 unspecified atom stereocenters. The molecule has 0 saturated carbocycles. The smallest absolute Gasteiger partial charge is 0.267 e. The number of halogens is 1. The number of fused-ring (bicyclic) bond motifs is 3. The van der Waals surface area contributed by atoms with E-state index in [4.69, 9.17) is 16.6 Å². The van der Waals surface area contributed by atoms with Gasteiger partial charge in [-0.3, -0.25) is 14.2 Å². The molecule has 172 valence electrons. The molecule has 1 N–H and O–H groups in total. The molecule has 2 aromatic heterocycles. The van der Waals surface area contributed by atoms with E-state index in [9.17, 15) is 9.59 Å². The third-order valence-electron chi connectivity index (χ3n) is 5.56. The summed E-state index contributed by atoms with van der Waals surface area (Å²) in [6.07, 6.45) is 5.69. The van der Waals surface area contributed by atoms with Gasteiger partial charge in [0, 0.05) is 9.90 Å². The SMILES string of the molecule is O=C(CSc1nc2sc3c(c2c(=O)n1-c1ccccc1)CCCC3)NN=Cc1cccc(Cl)c1. The maximum Gasteiger partial charge on any atom is 0.267 e. The first-order valence-corrected chi connectivity index (χ1v) is 13.1. The molecule has 0 fully saturated rings. The van der Waals surface area contributed by atoms with Crippen molar-refractivity contribution in [3.05, 3.63) is 86.0 Å². The van der Waals surface area contributed by atoms with Gasteiger partial charge >= 0.3 is 0 Å². The molecule has 5 rings (SSSR count). The van der Waals surface area contributed by atoms with Crippen molar-refractivity contribution >= 4 is 57.0 Å². The molecular weight excluding hydrogens is 488 g/mol. The monoisotopic (exact) mass is 508 g/mol. The van der Waals surface area contributed by atoms with Gasteiger partial charge in [0.2, 0.25) is 0 Å². The number of para-hydroxylation sites is 1. The molecule has 34 heavy (non-hydrogen) atoms. The van der Waals surface area contributed by atoms with Gasteiger partial charge in [-0.1, -0.05) is 53.7 Å². The molecule has 1 aliphatic carbocycles. The van der Waals surface area contributed by atoms with Crippen LogP contribution in [0.4, 0.5) is 0 Å². The van der Waals surface area contributed by atoms with Crippen LogP contribution in [0.5, 0.6) is 0 Å². The highest BCUT2D eigenvalue weighted by atomic mass is 35.5. The standard InChI is InChI=1S/C25H21ClN4O2S2/c26-17-8-6-7-16(13-17)14-27-29-21(31)15-33-25-28-23-22(19-11-4-5-12-20(19)34-23)24(32)30(25)18-9-2-1-3-10-18/h1-3,6-10,13-14H,4-5,11-12,15H2,(H,29,31). The summed E-state index contributed by atoms with van der Waals surface area (Å²) in [5.41, 5.74) is 5.12. The molecule has 9 heteroatoms. The highest BCUT2D eigenvalue weighted by Crippen LogP contribution is 2.35. The lowest BCUT2D eigenvalue weighted by molar-refractivity contribution is -0.118. The Hall–Kier alpha value is -2.94. The van der Waals surface area contributed by atoms with E-state index in [1.807, 2.05) is 42.5 Å². The first kappa shape index (κ1) is 22.8. The minimum absolute atomic E-state index is 0.0718. The maximum atomic E-state index is 13.7. The van der Waals surface area contributed by atoms with Crippen molar-refractivity contribution in [1.29, 1.82) is 0 Å². The van der Waals surface area contributed by atoms with Crippen LogP contribution in [-0.2, 0) is 17.6 Å². The number of hydrogen-bond acceptors (Lipinski definition) is 6. The molecule has 2 aromatic carbocycles. The molecule has 4 aromatic rings. The van der Waals surface area contributed by atoms with Crippen LogP contribution in [0.2, 0.25) is 5.02 Å². The summed E-state index contributed by atoms with van der Waals surface area (Å²) in [6, 6.07) is 16.6. The number of nitrogens with one attached hydrogen (secondary N) is 1. The predicted octanol–water partition coefficient (Wildman–Crippen LogP) is 5.22. The molecule has 0 radical (unpaired) electrons. The van der Waals surface area contributed by atoms with E-state index in [1.165, 1.54) is 22.9 Å². The van der Waals surface area contributed by atoms with E-state index in [0.717, 1.165) is 52.7 Å². The lowest BCUT2D eigenvalue weighted by Crippen LogP contribution is -2.24. The maximum absolute atomic E-state index is 13.7. The molecule has 0 bridgehead atoms. The third kappa shape index (κ3) is 4.80. The summed E-state index contributed by atoms with van der Waals surface area (Å²) in [5.74, 6) is -0.217. The number of aromatic nitrogens is 2. The molecule has 0 atom stereocenters. The number of carbonyl (C=O) groups excluding carboxylic acids is 1. The van der Waals surface area contributed by atoms with Crippen molar-refractivity contribution in [3.63, 3.8) is 0 Å². The summed E-state index contributed by atoms with van der Waals surface area (Å²) < 4.78 is 1.62. The van der Waals surface area contributed by atoms with Crippen LogP contribution in [0.15, 0.2) is 69.6 Å². The second kappa shape index (κ2) is 10.1. The Morgan fingerprint density at radius 2 is 2.00 bits per heavy atom. The summed E-state index contributed by atoms with van der Waals surface area (Å²) in [6.45, 7) is 0. The summed E-state index contributed by atoms with van der Waals surface area (Å²) in [5, 5.41) is 5.82. The zero-order valence-corrected chi connectivity index (χ0v) is 20.6. The highest BCUT2D eigenvalue weighted by Gasteiger charge is 2.23. The topological polar surface area (TPSA) is 76.3 Å². The molecule has 1 amide bonds. The van der Waals surface area contributed by atoms with Gasteiger partial charge in [-0.15, -0.1) is 11.3 Å². The van der Waals surface area contributed by atoms with Crippen molar-refractivity contribution in [1.82, 2.24) is 15.0 Å². The number of hydrogen-bond donors (Lipinski definition) is 1. The average Bonchev–Trinajstić information content (AvgIpc) is 3.22. The number of thiophene rings is 1. The largest absolute Gasteiger partial charge is 0.272 e. The van der Waals surface area contributed by atoms with E-state index in [0.29, 0.717) is 10.2 Å². The number of carbonyl (C=O) groups is 1. The first-order valence-electron chi connectivity index (χ1n) is 10.9. The van der Waals surface area contributed by atoms with Crippen LogP contribution < -0.4 is 11.0 Å². The zero-order chi connectivity index (χ0) is 23.5. The van der Waals surface area contributed by atoms with Crippen LogP contribution in [0.1, 0.15) is 28.8 Å². The van der Waals surface area contributed by atoms with Crippen LogP contribution in [-0.4, -0.2) is 27.4 Å². The normalized spacial score (nSPS) is 13.3. The molecular formula is C25H21ClN4O2S2. The fourth-order valence-corrected chi connectivity index (χ4v) is 6.32. The Morgan fingerprint density at radius 3 is 2.82 bits per heavy atom. The summed E-state index contributed by atoms with van der Waals surface area (Å²) in [4.78, 5) is 33.0. The van der Waals surface area contributed by atoms with E-state index in [2.05, 4.69) is 10.5 Å². The Labute approximate surface area is 209 Å². The molecule has 2 heterocycles. The Bertz CT molecular complexity index is 1450. The van der Waals surface area contributed by atoms with Crippen LogP contribution in [0.3, 0.4) is 0 Å². The van der Waals surface area contributed by atoms with Crippen molar-refractivity contribution in [2.45, 2.75) is 30.8 Å². The van der Waals surface area contributed by atoms with Crippen molar-refractivity contribution in [2.24, 2.45) is 5.10 Å². The minimum Gasteiger partial charge on any atom is -0.272 e. The Kier molecular flexibility index (Phi) is 6.80.